The summed E-state index contributed by atoms with van der Waals surface area (Å²) in [7, 11) is 2.36. The summed E-state index contributed by atoms with van der Waals surface area (Å²) in [6.45, 7) is 4.68. The molecule has 0 bridgehead atoms. The smallest absolute Gasteiger partial charge is 0.408 e. The zero-order chi connectivity index (χ0) is 46.9. The first kappa shape index (κ1) is 58.2. The summed E-state index contributed by atoms with van der Waals surface area (Å²) >= 11 is 25.3. The fourth-order valence-corrected chi connectivity index (χ4v) is 7.02. The molecule has 4 aromatic rings. The second-order valence-corrected chi connectivity index (χ2v) is 16.3. The molecule has 3 amide bonds. The first-order valence-electron chi connectivity index (χ1n) is 19.3. The van der Waals surface area contributed by atoms with E-state index in [0.29, 0.717) is 0 Å². The van der Waals surface area contributed by atoms with Crippen molar-refractivity contribution >= 4 is 115 Å². The van der Waals surface area contributed by atoms with E-state index in [1.165, 1.54) is 14.2 Å². The van der Waals surface area contributed by atoms with E-state index in [4.69, 9.17) is 66.3 Å². The third-order valence-corrected chi connectivity index (χ3v) is 10.0. The maximum Gasteiger partial charge on any atom is 0.408 e. The molecule has 0 radical (unpaired) electrons. The van der Waals surface area contributed by atoms with Crippen molar-refractivity contribution in [2.75, 3.05) is 27.3 Å². The quantitative estimate of drug-likeness (QED) is 0.0585. The highest BCUT2D eigenvalue weighted by Crippen LogP contribution is 2.33. The van der Waals surface area contributed by atoms with Gasteiger partial charge in [0.2, 0.25) is 0 Å². The number of alkyl carbamates (subject to hydrolysis) is 1. The standard InChI is InChI=1S/C25H28Cl2N2O6.C20H20Cl2N2O4.2H2S/c1-25(2,3)35-24(33)28-14-17(30)10-11-20(23(32)34-4)29-22(31)21-18(26)12-16(13-19(21)27)15-8-6-5-7-9-15;1-28-20(27)17(8-7-14(25)11-23)24-19(26)18-15(21)9-13(10-16(18)22)12-5-3-2-4-6-12;;/h5-9,12-13,20H,10-11,14H2,1-4H3,(H,28,33)(H,29,31);2-6,9-10,17H,7-8,11,23H2,1H3,(H,24,26);2*1H2/t20-;17-;;/m00../s1. The highest BCUT2D eigenvalue weighted by atomic mass is 35.5. The third kappa shape index (κ3) is 18.9. The second-order valence-electron chi connectivity index (χ2n) is 14.7. The van der Waals surface area contributed by atoms with Crippen LogP contribution in [0, 0.1) is 0 Å². The van der Waals surface area contributed by atoms with Crippen molar-refractivity contribution in [3.8, 4) is 22.3 Å². The summed E-state index contributed by atoms with van der Waals surface area (Å²) in [5.74, 6) is -3.32. The van der Waals surface area contributed by atoms with Crippen LogP contribution in [0.15, 0.2) is 84.9 Å². The van der Waals surface area contributed by atoms with E-state index in [9.17, 15) is 33.6 Å². The van der Waals surface area contributed by atoms with Gasteiger partial charge in [0.15, 0.2) is 5.78 Å². The number of benzene rings is 4. The molecule has 0 spiro atoms. The van der Waals surface area contributed by atoms with Crippen molar-refractivity contribution in [3.63, 3.8) is 0 Å². The normalized spacial score (nSPS) is 11.4. The molecule has 352 valence electrons. The molecule has 0 aliphatic rings. The Balaban J connectivity index is 0.000000645. The molecule has 0 aliphatic heterocycles. The summed E-state index contributed by atoms with van der Waals surface area (Å²) in [6.07, 6.45) is -0.794. The van der Waals surface area contributed by atoms with Crippen LogP contribution in [0.4, 0.5) is 4.79 Å². The van der Waals surface area contributed by atoms with Crippen LogP contribution in [0.2, 0.25) is 20.1 Å². The number of esters is 2. The lowest BCUT2D eigenvalue weighted by Crippen LogP contribution is -2.42. The molecule has 0 saturated heterocycles. The number of halogens is 4. The average molecular weight is 1010 g/mol. The molecule has 65 heavy (non-hydrogen) atoms. The number of Topliss-reactive ketones (excluding diaryl/α,β-unsaturated/α-hetero) is 2. The fraction of sp³-hybridized carbons (Fsp3) is 0.311. The number of nitrogens with two attached hydrogens (primary N) is 1. The molecule has 0 aliphatic carbocycles. The highest BCUT2D eigenvalue weighted by molar-refractivity contribution is 7.59. The topological polar surface area (TPSA) is 209 Å². The maximum atomic E-state index is 12.9. The van der Waals surface area contributed by atoms with Crippen molar-refractivity contribution in [3.05, 3.63) is 116 Å². The molecule has 0 saturated carbocycles. The van der Waals surface area contributed by atoms with Gasteiger partial charge in [-0.1, -0.05) is 107 Å². The van der Waals surface area contributed by atoms with Crippen molar-refractivity contribution < 1.29 is 47.8 Å². The van der Waals surface area contributed by atoms with E-state index in [1.807, 2.05) is 60.7 Å². The van der Waals surface area contributed by atoms with Crippen LogP contribution in [-0.2, 0) is 33.4 Å². The highest BCUT2D eigenvalue weighted by Gasteiger charge is 2.28. The molecule has 4 aromatic carbocycles. The van der Waals surface area contributed by atoms with Gasteiger partial charge in [-0.25, -0.2) is 14.4 Å². The van der Waals surface area contributed by atoms with Crippen molar-refractivity contribution in [2.45, 2.75) is 64.1 Å². The van der Waals surface area contributed by atoms with Gasteiger partial charge in [-0.3, -0.25) is 19.2 Å². The van der Waals surface area contributed by atoms with Crippen LogP contribution in [0.5, 0.6) is 0 Å². The Morgan fingerprint density at radius 3 is 1.26 bits per heavy atom. The number of ketones is 2. The Bertz CT molecular complexity index is 2240. The summed E-state index contributed by atoms with van der Waals surface area (Å²) in [5.41, 5.74) is 7.86. The van der Waals surface area contributed by atoms with E-state index in [-0.39, 0.29) is 109 Å². The Morgan fingerprint density at radius 2 is 0.938 bits per heavy atom. The predicted molar refractivity (Wildman–Crippen MR) is 263 cm³/mol. The van der Waals surface area contributed by atoms with Gasteiger partial charge in [0.05, 0.1) is 58.5 Å². The second kappa shape index (κ2) is 28.3. The number of hydrogen-bond donors (Lipinski definition) is 4. The third-order valence-electron chi connectivity index (χ3n) is 8.81. The van der Waals surface area contributed by atoms with Crippen molar-refractivity contribution in [1.29, 1.82) is 0 Å². The molecular formula is C45H52Cl4N4O10S2. The summed E-state index contributed by atoms with van der Waals surface area (Å²) in [5, 5.41) is 7.92. The minimum Gasteiger partial charge on any atom is -0.467 e. The SMILES string of the molecule is COC(=O)[C@H](CCC(=O)CN)NC(=O)c1c(Cl)cc(-c2ccccc2)cc1Cl.COC(=O)[C@H](CCC(=O)CNC(=O)OC(C)(C)C)NC(=O)c1c(Cl)cc(-c2ccccc2)cc1Cl.S.S. The molecule has 4 rings (SSSR count). The maximum absolute atomic E-state index is 12.9. The molecule has 5 N–H and O–H groups in total. The summed E-state index contributed by atoms with van der Waals surface area (Å²) in [4.78, 5) is 85.1. The van der Waals surface area contributed by atoms with Gasteiger partial charge >= 0.3 is 18.0 Å². The van der Waals surface area contributed by atoms with Crippen LogP contribution >= 0.6 is 73.4 Å². The minimum atomic E-state index is -1.13. The van der Waals surface area contributed by atoms with E-state index in [2.05, 4.69) is 16.0 Å². The molecule has 20 heteroatoms. The number of carbonyl (C=O) groups excluding carboxylic acids is 7. The minimum absolute atomic E-state index is 0. The monoisotopic (exact) mass is 1010 g/mol. The van der Waals surface area contributed by atoms with Crippen molar-refractivity contribution in [1.82, 2.24) is 16.0 Å². The average Bonchev–Trinajstić information content (AvgIpc) is 3.24. The van der Waals surface area contributed by atoms with Gasteiger partial charge in [-0.05, 0) is 80.1 Å². The Labute approximate surface area is 411 Å². The van der Waals surface area contributed by atoms with Gasteiger partial charge < -0.3 is 35.9 Å². The lowest BCUT2D eigenvalue weighted by atomic mass is 10.0. The van der Waals surface area contributed by atoms with Crippen molar-refractivity contribution in [2.24, 2.45) is 5.73 Å². The number of ether oxygens (including phenoxy) is 3. The van der Waals surface area contributed by atoms with E-state index < -0.39 is 47.5 Å². The summed E-state index contributed by atoms with van der Waals surface area (Å²) < 4.78 is 14.5. The molecule has 0 heterocycles. The Kier molecular flexibility index (Phi) is 25.3. The summed E-state index contributed by atoms with van der Waals surface area (Å²) in [6, 6.07) is 23.1. The molecule has 14 nitrogen and oxygen atoms in total. The zero-order valence-corrected chi connectivity index (χ0v) is 41.2. The lowest BCUT2D eigenvalue weighted by Gasteiger charge is -2.20. The van der Waals surface area contributed by atoms with Crippen LogP contribution in [0.3, 0.4) is 0 Å². The molecule has 0 fully saturated rings. The van der Waals surface area contributed by atoms with Crippen LogP contribution in [0.25, 0.3) is 22.3 Å². The van der Waals surface area contributed by atoms with Gasteiger partial charge in [0, 0.05) is 12.8 Å². The zero-order valence-electron chi connectivity index (χ0n) is 36.2. The van der Waals surface area contributed by atoms with Gasteiger partial charge in [0.25, 0.3) is 11.8 Å². The van der Waals surface area contributed by atoms with Gasteiger partial charge in [0.1, 0.15) is 23.5 Å². The number of carbonyl (C=O) groups is 7. The number of hydrogen-bond acceptors (Lipinski definition) is 11. The Hall–Kier alpha value is -4.81. The number of nitrogens with one attached hydrogen (secondary N) is 3. The molecule has 0 unspecified atom stereocenters. The van der Waals surface area contributed by atoms with Crippen LogP contribution in [-0.4, -0.2) is 86.4 Å². The van der Waals surface area contributed by atoms with E-state index >= 15 is 0 Å². The largest absolute Gasteiger partial charge is 0.467 e. The molecule has 2 atom stereocenters. The first-order chi connectivity index (χ1) is 29.8. The molecular weight excluding hydrogens is 962 g/mol. The first-order valence-corrected chi connectivity index (χ1v) is 20.9. The van der Waals surface area contributed by atoms with Gasteiger partial charge in [-0.15, -0.1) is 0 Å². The van der Waals surface area contributed by atoms with Crippen LogP contribution < -0.4 is 21.7 Å². The Morgan fingerprint density at radius 1 is 0.585 bits per heavy atom. The molecule has 0 aromatic heterocycles. The predicted octanol–water partition coefficient (Wildman–Crippen LogP) is 8.27. The number of methoxy groups -OCH3 is 2. The fourth-order valence-electron chi connectivity index (χ4n) is 5.70. The number of rotatable bonds is 17. The van der Waals surface area contributed by atoms with E-state index in [0.717, 1.165) is 22.3 Å². The van der Waals surface area contributed by atoms with Crippen LogP contribution in [0.1, 0.15) is 67.2 Å². The lowest BCUT2D eigenvalue weighted by molar-refractivity contribution is -0.144. The number of amides is 3. The van der Waals surface area contributed by atoms with Gasteiger partial charge in [-0.2, -0.15) is 27.0 Å². The van der Waals surface area contributed by atoms with E-state index in [1.54, 1.807) is 45.0 Å².